The van der Waals surface area contributed by atoms with Crippen molar-refractivity contribution < 1.29 is 74.7 Å². The Kier molecular flexibility index (Phi) is 13.6. The lowest BCUT2D eigenvalue weighted by molar-refractivity contribution is -0.195. The first-order valence-corrected chi connectivity index (χ1v) is 29.0. The molecule has 15 heteroatoms. The molecule has 12 aliphatic carbocycles. The molecule has 76 heavy (non-hydrogen) atoms. The van der Waals surface area contributed by atoms with Gasteiger partial charge in [-0.3, -0.25) is 19.2 Å². The minimum absolute atomic E-state index is 0.0508. The maximum atomic E-state index is 12.4. The number of hydrogen-bond donors (Lipinski definition) is 9. The second kappa shape index (κ2) is 18.6. The van der Waals surface area contributed by atoms with E-state index in [0.29, 0.717) is 57.8 Å². The Bertz CT molecular complexity index is 2450. The van der Waals surface area contributed by atoms with Crippen LogP contribution in [0.4, 0.5) is 0 Å². The lowest BCUT2D eigenvalue weighted by atomic mass is 9.45. The number of rotatable bonds is 4. The molecule has 9 unspecified atom stereocenters. The Morgan fingerprint density at radius 2 is 0.724 bits per heavy atom. The summed E-state index contributed by atoms with van der Waals surface area (Å²) < 4.78 is 0. The monoisotopic (exact) mass is 1060 g/mol. The summed E-state index contributed by atoms with van der Waals surface area (Å²) in [4.78, 5) is 71.6. The molecule has 0 radical (unpaired) electrons. The molecule has 0 aromatic carbocycles. The van der Waals surface area contributed by atoms with E-state index in [2.05, 4.69) is 20.8 Å². The number of ketones is 4. The van der Waals surface area contributed by atoms with Gasteiger partial charge in [-0.2, -0.15) is 0 Å². The van der Waals surface area contributed by atoms with Crippen molar-refractivity contribution in [3.63, 3.8) is 0 Å². The van der Waals surface area contributed by atoms with Crippen LogP contribution in [-0.4, -0.2) is 123 Å². The van der Waals surface area contributed by atoms with Crippen LogP contribution in [0.1, 0.15) is 176 Å². The molecule has 0 aromatic rings. The van der Waals surface area contributed by atoms with Gasteiger partial charge in [0, 0.05) is 35.5 Å². The Morgan fingerprint density at radius 3 is 1.00 bits per heavy atom. The summed E-state index contributed by atoms with van der Waals surface area (Å²) >= 11 is 0. The molecule has 9 fully saturated rings. The lowest BCUT2D eigenvalue weighted by Gasteiger charge is -2.60. The van der Waals surface area contributed by atoms with E-state index in [4.69, 9.17) is 0 Å². The minimum Gasteiger partial charge on any atom is -0.479 e. The van der Waals surface area contributed by atoms with Gasteiger partial charge in [0.05, 0.1) is 18.3 Å². The third-order valence-corrected chi connectivity index (χ3v) is 25.5. The van der Waals surface area contributed by atoms with Crippen molar-refractivity contribution in [2.24, 2.45) is 85.8 Å². The maximum absolute atomic E-state index is 12.4. The number of Topliss-reactive ketones (excluding diaryl/α,β-unsaturated/α-hetero) is 1. The van der Waals surface area contributed by atoms with Gasteiger partial charge in [0.1, 0.15) is 12.2 Å². The summed E-state index contributed by atoms with van der Waals surface area (Å²) in [5.74, 6) is -1.08. The number of carbonyl (C=O) groups is 6. The molecule has 0 spiro atoms. The quantitative estimate of drug-likeness (QED) is 0.147. The van der Waals surface area contributed by atoms with Crippen molar-refractivity contribution in [2.75, 3.05) is 6.61 Å². The summed E-state index contributed by atoms with van der Waals surface area (Å²) in [5.41, 5.74) is -4.33. The predicted octanol–water partition coefficient (Wildman–Crippen LogP) is 6.39. The second-order valence-electron chi connectivity index (χ2n) is 28.1. The average molecular weight is 1060 g/mol. The summed E-state index contributed by atoms with van der Waals surface area (Å²) in [6.45, 7) is 11.5. The van der Waals surface area contributed by atoms with E-state index >= 15 is 0 Å². The first kappa shape index (κ1) is 55.9. The van der Waals surface area contributed by atoms with Gasteiger partial charge in [0.2, 0.25) is 0 Å². The van der Waals surface area contributed by atoms with Crippen LogP contribution in [0, 0.1) is 85.8 Å². The maximum Gasteiger partial charge on any atom is 0.336 e. The molecule has 12 aliphatic rings. The van der Waals surface area contributed by atoms with Crippen molar-refractivity contribution in [1.82, 2.24) is 0 Å². The number of allylic oxidation sites excluding steroid dienone is 3. The van der Waals surface area contributed by atoms with E-state index in [1.807, 2.05) is 20.8 Å². The van der Waals surface area contributed by atoms with Gasteiger partial charge in [0.15, 0.2) is 34.3 Å². The summed E-state index contributed by atoms with van der Waals surface area (Å²) in [6.07, 6.45) is 16.6. The third-order valence-electron chi connectivity index (χ3n) is 25.5. The number of carbonyl (C=O) groups excluding carboxylic acids is 4. The number of aliphatic carboxylic acids is 2. The number of aliphatic hydroxyl groups is 7. The normalized spacial score (nSPS) is 51.5. The molecule has 21 atom stereocenters. The number of carboxylic acid groups (broad SMARTS) is 2. The molecule has 0 heterocycles. The summed E-state index contributed by atoms with van der Waals surface area (Å²) in [5, 5.41) is 95.0. The van der Waals surface area contributed by atoms with Gasteiger partial charge in [-0.1, -0.05) is 58.3 Å². The molecular weight excluding hydrogens is 973 g/mol. The molecule has 9 N–H and O–H groups in total. The van der Waals surface area contributed by atoms with Crippen LogP contribution in [0.2, 0.25) is 0 Å². The zero-order valence-corrected chi connectivity index (χ0v) is 45.7. The van der Waals surface area contributed by atoms with Crippen molar-refractivity contribution in [2.45, 2.75) is 211 Å². The van der Waals surface area contributed by atoms with E-state index in [0.717, 1.165) is 64.2 Å². The van der Waals surface area contributed by atoms with Crippen LogP contribution in [0.5, 0.6) is 0 Å². The molecule has 9 saturated carbocycles. The first-order valence-electron chi connectivity index (χ1n) is 29.0. The van der Waals surface area contributed by atoms with Crippen LogP contribution in [0.3, 0.4) is 0 Å². The summed E-state index contributed by atoms with van der Waals surface area (Å²) in [6, 6.07) is 0. The smallest absolute Gasteiger partial charge is 0.336 e. The van der Waals surface area contributed by atoms with Gasteiger partial charge in [-0.05, 0) is 203 Å². The molecule has 15 nitrogen and oxygen atoms in total. The van der Waals surface area contributed by atoms with Gasteiger partial charge < -0.3 is 46.0 Å². The zero-order chi connectivity index (χ0) is 55.3. The Balaban J connectivity index is 0.000000130. The van der Waals surface area contributed by atoms with Gasteiger partial charge >= 0.3 is 11.9 Å². The van der Waals surface area contributed by atoms with Crippen molar-refractivity contribution in [3.05, 3.63) is 34.9 Å². The van der Waals surface area contributed by atoms with Crippen LogP contribution in [0.15, 0.2) is 34.9 Å². The van der Waals surface area contributed by atoms with Crippen molar-refractivity contribution in [1.29, 1.82) is 0 Å². The minimum atomic E-state index is -1.75. The fourth-order valence-corrected chi connectivity index (χ4v) is 21.4. The standard InChI is InChI=1S/C21H30O5.2C20H28O5/c1-19-7-5-13(23)9-12(19)3-4-14-15-6-8-21(26,17(25)11-22)20(15,2)10-16(24)18(14)19;2*1-18-7-5-12(21)9-11(18)3-4-13-14-6-8-20(25,17(23)24)19(14,2)10-15(22)16(13)18/h9,14-16,18,22,24,26H,3-8,10-11H2,1-2H3;2*9,13-16,22,25H,3-8,10H2,1-2H3,(H,23,24)/t14?,15?,16-,18?,19-,20-,21-;2*13?,14?,15-,16?,18-,19-,20-/m000/s1. The first-order chi connectivity index (χ1) is 35.4. The molecule has 0 bridgehead atoms. The van der Waals surface area contributed by atoms with E-state index in [9.17, 15) is 74.7 Å². The van der Waals surface area contributed by atoms with Crippen molar-refractivity contribution in [3.8, 4) is 0 Å². The molecule has 420 valence electrons. The molecule has 12 rings (SSSR count). The van der Waals surface area contributed by atoms with Crippen LogP contribution in [0.25, 0.3) is 0 Å². The molecule has 0 amide bonds. The van der Waals surface area contributed by atoms with E-state index in [-0.39, 0.29) is 99.7 Å². The largest absolute Gasteiger partial charge is 0.479 e. The van der Waals surface area contributed by atoms with Crippen molar-refractivity contribution >= 4 is 35.1 Å². The highest BCUT2D eigenvalue weighted by Gasteiger charge is 2.72. The topological polar surface area (TPSA) is 284 Å². The Hall–Kier alpha value is -3.44. The zero-order valence-electron chi connectivity index (χ0n) is 45.7. The fourth-order valence-electron chi connectivity index (χ4n) is 21.4. The fraction of sp³-hybridized carbons (Fsp3) is 0.803. The van der Waals surface area contributed by atoms with Crippen LogP contribution in [-0.2, 0) is 28.8 Å². The molecule has 0 aromatic heterocycles. The molecule has 0 saturated heterocycles. The van der Waals surface area contributed by atoms with E-state index in [1.165, 1.54) is 16.7 Å². The Labute approximate surface area is 447 Å². The second-order valence-corrected chi connectivity index (χ2v) is 28.1. The van der Waals surface area contributed by atoms with Crippen LogP contribution >= 0.6 is 0 Å². The highest BCUT2D eigenvalue weighted by molar-refractivity contribution is 5.93. The van der Waals surface area contributed by atoms with Gasteiger partial charge in [-0.15, -0.1) is 0 Å². The van der Waals surface area contributed by atoms with Gasteiger partial charge in [0.25, 0.3) is 0 Å². The number of fused-ring (bicyclic) bond motifs is 15. The number of aliphatic hydroxyl groups excluding tert-OH is 4. The SMILES string of the molecule is C[C@]12CCC(=O)C=C1CCC1C2[C@@H](O)C[C@@]2(C)C1CC[C@]2(O)C(=O)CO.C[C@]12CCC(=O)C=C1CCC1C2[C@@H](O)C[C@@]2(C)C1CC[C@]2(O)C(=O)O.C[C@]12CCC(=O)C=C1CCC1C2[C@@H](O)C[C@@]2(C)C1CC[C@]2(O)C(=O)O. The average Bonchev–Trinajstić information content (AvgIpc) is 3.97. The molecular formula is C61H86O15. The lowest BCUT2D eigenvalue weighted by Crippen LogP contribution is -2.62. The number of carboxylic acids is 2. The Morgan fingerprint density at radius 1 is 0.447 bits per heavy atom. The highest BCUT2D eigenvalue weighted by Crippen LogP contribution is 2.71. The highest BCUT2D eigenvalue weighted by atomic mass is 16.4. The van der Waals surface area contributed by atoms with E-state index in [1.54, 1.807) is 18.2 Å². The summed E-state index contributed by atoms with van der Waals surface area (Å²) in [7, 11) is 0. The number of hydrogen-bond acceptors (Lipinski definition) is 13. The van der Waals surface area contributed by atoms with E-state index < -0.39 is 75.7 Å². The molecule has 0 aliphatic heterocycles. The predicted molar refractivity (Wildman–Crippen MR) is 277 cm³/mol. The third kappa shape index (κ3) is 7.63. The van der Waals surface area contributed by atoms with Crippen LogP contribution < -0.4 is 0 Å². The van der Waals surface area contributed by atoms with Gasteiger partial charge in [-0.25, -0.2) is 9.59 Å².